The first kappa shape index (κ1) is 17.9. The van der Waals surface area contributed by atoms with Crippen molar-refractivity contribution < 1.29 is 9.53 Å². The normalized spacial score (nSPS) is 11.4. The van der Waals surface area contributed by atoms with Crippen LogP contribution in [0.25, 0.3) is 0 Å². The molecule has 0 aromatic heterocycles. The fraction of sp³-hybridized carbons (Fsp3) is 0.263. The first-order chi connectivity index (χ1) is 11.6. The van der Waals surface area contributed by atoms with Gasteiger partial charge < -0.3 is 15.4 Å². The van der Waals surface area contributed by atoms with Crippen LogP contribution in [0.5, 0.6) is 0 Å². The molecule has 1 atom stereocenters. The number of ether oxygens (including phenoxy) is 1. The zero-order chi connectivity index (χ0) is 17.4. The number of rotatable bonds is 6. The minimum atomic E-state index is -0.367. The van der Waals surface area contributed by atoms with Crippen LogP contribution in [0.4, 0.5) is 5.69 Å². The van der Waals surface area contributed by atoms with Crippen molar-refractivity contribution in [2.45, 2.75) is 25.8 Å². The Morgan fingerprint density at radius 2 is 1.92 bits per heavy atom. The fourth-order valence-corrected chi connectivity index (χ4v) is 2.65. The molecule has 0 radical (unpaired) electrons. The molecule has 5 heteroatoms. The van der Waals surface area contributed by atoms with E-state index in [-0.39, 0.29) is 12.0 Å². The highest BCUT2D eigenvalue weighted by molar-refractivity contribution is 7.80. The molecular formula is C19H22N2O2S. The molecule has 0 aliphatic carbocycles. The Balaban J connectivity index is 1.83. The van der Waals surface area contributed by atoms with Crippen molar-refractivity contribution in [2.24, 2.45) is 0 Å². The Morgan fingerprint density at radius 3 is 2.62 bits per heavy atom. The van der Waals surface area contributed by atoms with E-state index in [1.807, 2.05) is 24.3 Å². The van der Waals surface area contributed by atoms with Crippen LogP contribution < -0.4 is 10.6 Å². The van der Waals surface area contributed by atoms with Gasteiger partial charge in [0.1, 0.15) is 0 Å². The van der Waals surface area contributed by atoms with E-state index in [4.69, 9.17) is 17.0 Å². The van der Waals surface area contributed by atoms with Gasteiger partial charge in [0.05, 0.1) is 12.7 Å². The SMILES string of the molecule is COC(=O)c1cccc(NC(=S)N[C@H](C)CCc2ccccc2)c1. The van der Waals surface area contributed by atoms with Gasteiger partial charge in [-0.15, -0.1) is 0 Å². The van der Waals surface area contributed by atoms with Gasteiger partial charge in [0.15, 0.2) is 5.11 Å². The maximum Gasteiger partial charge on any atom is 0.337 e. The van der Waals surface area contributed by atoms with Crippen LogP contribution in [0.2, 0.25) is 0 Å². The maximum absolute atomic E-state index is 11.6. The molecule has 0 aliphatic heterocycles. The van der Waals surface area contributed by atoms with Gasteiger partial charge in [-0.3, -0.25) is 0 Å². The van der Waals surface area contributed by atoms with Crippen LogP contribution in [-0.2, 0) is 11.2 Å². The maximum atomic E-state index is 11.6. The summed E-state index contributed by atoms with van der Waals surface area (Å²) in [5.41, 5.74) is 2.56. The summed E-state index contributed by atoms with van der Waals surface area (Å²) in [5.74, 6) is -0.367. The lowest BCUT2D eigenvalue weighted by atomic mass is 10.1. The average molecular weight is 342 g/mol. The molecule has 0 spiro atoms. The Kier molecular flexibility index (Phi) is 6.75. The molecular weight excluding hydrogens is 320 g/mol. The van der Waals surface area contributed by atoms with Crippen molar-refractivity contribution in [1.82, 2.24) is 5.32 Å². The molecule has 0 bridgehead atoms. The molecule has 2 aromatic carbocycles. The van der Waals surface area contributed by atoms with Crippen LogP contribution in [-0.4, -0.2) is 24.2 Å². The van der Waals surface area contributed by atoms with E-state index < -0.39 is 0 Å². The van der Waals surface area contributed by atoms with Crippen LogP contribution in [0.3, 0.4) is 0 Å². The first-order valence-corrected chi connectivity index (χ1v) is 8.29. The van der Waals surface area contributed by atoms with E-state index in [2.05, 4.69) is 29.7 Å². The predicted octanol–water partition coefficient (Wildman–Crippen LogP) is 3.78. The Hall–Kier alpha value is -2.40. The Bertz CT molecular complexity index is 689. The van der Waals surface area contributed by atoms with Gasteiger partial charge in [0.2, 0.25) is 0 Å². The summed E-state index contributed by atoms with van der Waals surface area (Å²) < 4.78 is 4.72. The third kappa shape index (κ3) is 5.66. The van der Waals surface area contributed by atoms with Crippen LogP contribution in [0.15, 0.2) is 54.6 Å². The number of hydrogen-bond donors (Lipinski definition) is 2. The second-order valence-electron chi connectivity index (χ2n) is 5.60. The van der Waals surface area contributed by atoms with Gasteiger partial charge in [-0.2, -0.15) is 0 Å². The summed E-state index contributed by atoms with van der Waals surface area (Å²) in [4.78, 5) is 11.6. The van der Waals surface area contributed by atoms with Crippen LogP contribution >= 0.6 is 12.2 Å². The summed E-state index contributed by atoms with van der Waals surface area (Å²) in [7, 11) is 1.36. The number of methoxy groups -OCH3 is 1. The number of carbonyl (C=O) groups excluding carboxylic acids is 1. The number of esters is 1. The molecule has 126 valence electrons. The summed E-state index contributed by atoms with van der Waals surface area (Å²) >= 11 is 5.34. The summed E-state index contributed by atoms with van der Waals surface area (Å²) in [5, 5.41) is 6.91. The number of hydrogen-bond acceptors (Lipinski definition) is 3. The highest BCUT2D eigenvalue weighted by atomic mass is 32.1. The molecule has 2 aromatic rings. The third-order valence-corrected chi connectivity index (χ3v) is 3.85. The highest BCUT2D eigenvalue weighted by Gasteiger charge is 2.08. The lowest BCUT2D eigenvalue weighted by Gasteiger charge is -2.17. The van der Waals surface area contributed by atoms with Crippen LogP contribution in [0.1, 0.15) is 29.3 Å². The molecule has 4 nitrogen and oxygen atoms in total. The van der Waals surface area contributed by atoms with Gasteiger partial charge in [-0.1, -0.05) is 36.4 Å². The largest absolute Gasteiger partial charge is 0.465 e. The van der Waals surface area contributed by atoms with Gasteiger partial charge >= 0.3 is 5.97 Å². The average Bonchev–Trinajstić information content (AvgIpc) is 2.60. The van der Waals surface area contributed by atoms with Crippen molar-refractivity contribution in [3.05, 3.63) is 65.7 Å². The summed E-state index contributed by atoms with van der Waals surface area (Å²) in [6.07, 6.45) is 1.98. The van der Waals surface area contributed by atoms with Gasteiger partial charge in [-0.25, -0.2) is 4.79 Å². The predicted molar refractivity (Wildman–Crippen MR) is 101 cm³/mol. The molecule has 0 heterocycles. The van der Waals surface area contributed by atoms with E-state index in [0.29, 0.717) is 10.7 Å². The van der Waals surface area contributed by atoms with Crippen molar-refractivity contribution in [3.8, 4) is 0 Å². The lowest BCUT2D eigenvalue weighted by molar-refractivity contribution is 0.0601. The Morgan fingerprint density at radius 1 is 1.17 bits per heavy atom. The number of aryl methyl sites for hydroxylation is 1. The third-order valence-electron chi connectivity index (χ3n) is 3.63. The first-order valence-electron chi connectivity index (χ1n) is 7.88. The standard InChI is InChI=1S/C19H22N2O2S/c1-14(11-12-15-7-4-3-5-8-15)20-19(24)21-17-10-6-9-16(13-17)18(22)23-2/h3-10,13-14H,11-12H2,1-2H3,(H2,20,21,24)/t14-/m1/s1. The van der Waals surface area contributed by atoms with E-state index in [1.54, 1.807) is 18.2 Å². The van der Waals surface area contributed by atoms with Gasteiger partial charge in [0.25, 0.3) is 0 Å². The smallest absolute Gasteiger partial charge is 0.337 e. The van der Waals surface area contributed by atoms with Gasteiger partial charge in [-0.05, 0) is 55.7 Å². The Labute approximate surface area is 148 Å². The summed E-state index contributed by atoms with van der Waals surface area (Å²) in [6, 6.07) is 17.7. The lowest BCUT2D eigenvalue weighted by Crippen LogP contribution is -2.36. The second kappa shape index (κ2) is 9.03. The quantitative estimate of drug-likeness (QED) is 0.618. The zero-order valence-corrected chi connectivity index (χ0v) is 14.7. The molecule has 0 fully saturated rings. The van der Waals surface area contributed by atoms with E-state index in [9.17, 15) is 4.79 Å². The van der Waals surface area contributed by atoms with Crippen molar-refractivity contribution >= 4 is 29.0 Å². The molecule has 2 rings (SSSR count). The molecule has 0 saturated carbocycles. The van der Waals surface area contributed by atoms with Crippen molar-refractivity contribution in [1.29, 1.82) is 0 Å². The van der Waals surface area contributed by atoms with Gasteiger partial charge in [0, 0.05) is 11.7 Å². The summed E-state index contributed by atoms with van der Waals surface area (Å²) in [6.45, 7) is 2.10. The minimum absolute atomic E-state index is 0.244. The molecule has 0 unspecified atom stereocenters. The molecule has 0 amide bonds. The molecule has 0 aliphatic rings. The minimum Gasteiger partial charge on any atom is -0.465 e. The van der Waals surface area contributed by atoms with E-state index in [1.165, 1.54) is 12.7 Å². The molecule has 0 saturated heterocycles. The number of carbonyl (C=O) groups is 1. The fourth-order valence-electron chi connectivity index (χ4n) is 2.33. The number of nitrogens with one attached hydrogen (secondary N) is 2. The zero-order valence-electron chi connectivity index (χ0n) is 13.9. The topological polar surface area (TPSA) is 50.4 Å². The monoisotopic (exact) mass is 342 g/mol. The number of benzene rings is 2. The highest BCUT2D eigenvalue weighted by Crippen LogP contribution is 2.12. The number of thiocarbonyl (C=S) groups is 1. The molecule has 24 heavy (non-hydrogen) atoms. The van der Waals surface area contributed by atoms with E-state index >= 15 is 0 Å². The number of anilines is 1. The van der Waals surface area contributed by atoms with Crippen molar-refractivity contribution in [2.75, 3.05) is 12.4 Å². The van der Waals surface area contributed by atoms with Crippen molar-refractivity contribution in [3.63, 3.8) is 0 Å². The molecule has 2 N–H and O–H groups in total. The van der Waals surface area contributed by atoms with Crippen LogP contribution in [0, 0.1) is 0 Å². The van der Waals surface area contributed by atoms with E-state index in [0.717, 1.165) is 18.5 Å². The second-order valence-corrected chi connectivity index (χ2v) is 6.00.